The molecule has 0 spiro atoms. The van der Waals surface area contributed by atoms with Crippen LogP contribution in [0.25, 0.3) is 22.3 Å². The number of hydrogen-bond acceptors (Lipinski definition) is 2. The summed E-state index contributed by atoms with van der Waals surface area (Å²) in [4.78, 5) is 4.62. The summed E-state index contributed by atoms with van der Waals surface area (Å²) in [6.07, 6.45) is 3.44. The lowest BCUT2D eigenvalue weighted by molar-refractivity contribution is 0.364. The zero-order chi connectivity index (χ0) is 37.2. The summed E-state index contributed by atoms with van der Waals surface area (Å²) >= 11 is 0. The molecule has 1 aliphatic rings. The molecular weight excluding hydrogens is 653 g/mol. The Kier molecular flexibility index (Phi) is 9.69. The maximum Gasteiger partial charge on any atom is 0.0464 e. The predicted octanol–water partition coefficient (Wildman–Crippen LogP) is 14.0. The van der Waals surface area contributed by atoms with Crippen LogP contribution in [0.4, 0.5) is 28.4 Å². The van der Waals surface area contributed by atoms with Gasteiger partial charge in [0.25, 0.3) is 0 Å². The molecule has 1 aliphatic carbocycles. The van der Waals surface area contributed by atoms with Crippen molar-refractivity contribution in [3.05, 3.63) is 198 Å². The Hall–Kier alpha value is -5.86. The van der Waals surface area contributed by atoms with E-state index in [1.54, 1.807) is 0 Å². The van der Waals surface area contributed by atoms with Gasteiger partial charge in [-0.05, 0) is 131 Å². The van der Waals surface area contributed by atoms with Crippen LogP contribution in [-0.4, -0.2) is 7.05 Å². The molecule has 54 heavy (non-hydrogen) atoms. The molecule has 0 radical (unpaired) electrons. The minimum absolute atomic E-state index is 0.105. The Bertz CT molecular complexity index is 2320. The van der Waals surface area contributed by atoms with Gasteiger partial charge in [0, 0.05) is 40.9 Å². The van der Waals surface area contributed by atoms with E-state index >= 15 is 0 Å². The molecular formula is C52H50N2. The van der Waals surface area contributed by atoms with Gasteiger partial charge in [0.1, 0.15) is 0 Å². The second-order valence-corrected chi connectivity index (χ2v) is 15.3. The molecule has 0 amide bonds. The molecule has 7 aromatic carbocycles. The van der Waals surface area contributed by atoms with Crippen LogP contribution >= 0.6 is 0 Å². The average Bonchev–Trinajstić information content (AvgIpc) is 3.22. The topological polar surface area (TPSA) is 6.48 Å². The number of nitrogens with zero attached hydrogens (tertiary/aromatic N) is 2. The van der Waals surface area contributed by atoms with Crippen molar-refractivity contribution in [3.8, 4) is 22.3 Å². The Labute approximate surface area is 322 Å². The molecule has 0 saturated carbocycles. The van der Waals surface area contributed by atoms with Crippen molar-refractivity contribution in [1.82, 2.24) is 0 Å². The van der Waals surface area contributed by atoms with Crippen molar-refractivity contribution < 1.29 is 0 Å². The van der Waals surface area contributed by atoms with E-state index in [0.717, 1.165) is 29.9 Å². The first-order valence-corrected chi connectivity index (χ1v) is 19.5. The van der Waals surface area contributed by atoms with E-state index < -0.39 is 0 Å². The highest BCUT2D eigenvalue weighted by Gasteiger charge is 2.34. The third-order valence-corrected chi connectivity index (χ3v) is 12.2. The van der Waals surface area contributed by atoms with Crippen LogP contribution < -0.4 is 9.80 Å². The second kappa shape index (κ2) is 14.9. The number of para-hydroxylation sites is 1. The number of benzene rings is 7. The Morgan fingerprint density at radius 1 is 0.500 bits per heavy atom. The van der Waals surface area contributed by atoms with Gasteiger partial charge in [-0.25, -0.2) is 0 Å². The fourth-order valence-electron chi connectivity index (χ4n) is 8.10. The first-order chi connectivity index (χ1) is 26.3. The Balaban J connectivity index is 1.07. The van der Waals surface area contributed by atoms with Gasteiger partial charge in [-0.3, -0.25) is 0 Å². The monoisotopic (exact) mass is 702 g/mol. The van der Waals surface area contributed by atoms with Gasteiger partial charge in [0.15, 0.2) is 0 Å². The van der Waals surface area contributed by atoms with Gasteiger partial charge in [-0.1, -0.05) is 142 Å². The third kappa shape index (κ3) is 6.74. The smallest absolute Gasteiger partial charge is 0.0464 e. The average molecular weight is 703 g/mol. The van der Waals surface area contributed by atoms with Gasteiger partial charge in [0.05, 0.1) is 0 Å². The molecule has 2 nitrogen and oxygen atoms in total. The zero-order valence-corrected chi connectivity index (χ0v) is 32.3. The van der Waals surface area contributed by atoms with Gasteiger partial charge >= 0.3 is 0 Å². The summed E-state index contributed by atoms with van der Waals surface area (Å²) in [7, 11) is 2.12. The van der Waals surface area contributed by atoms with Crippen LogP contribution in [0.3, 0.4) is 0 Å². The summed E-state index contributed by atoms with van der Waals surface area (Å²) in [5, 5.41) is 0. The Morgan fingerprint density at radius 3 is 1.41 bits per heavy atom. The number of anilines is 5. The van der Waals surface area contributed by atoms with Gasteiger partial charge < -0.3 is 9.80 Å². The van der Waals surface area contributed by atoms with E-state index in [4.69, 9.17) is 0 Å². The number of aryl methyl sites for hydroxylation is 3. The van der Waals surface area contributed by atoms with Crippen LogP contribution in [-0.2, 0) is 18.3 Å². The van der Waals surface area contributed by atoms with Crippen LogP contribution in [0, 0.1) is 12.8 Å². The molecule has 2 unspecified atom stereocenters. The summed E-state index contributed by atoms with van der Waals surface area (Å²) in [5.74, 6) is 0.474. The standard InChI is InChI=1S/C52H50N2/c1-6-38(3)52(4,45-25-18-40(19-26-45)39-14-12-37(2)13-15-39)46-27-20-41(21-28-46)42-22-29-49(30-23-42)54(51-31-24-43-16-17-44(43)36-51)50-34-32-48(33-35-50)53(5)47-10-8-7-9-11-47/h7-15,18-36,38H,6,16-17H2,1-5H3. The van der Waals surface area contributed by atoms with Crippen molar-refractivity contribution in [2.75, 3.05) is 16.8 Å². The van der Waals surface area contributed by atoms with E-state index in [-0.39, 0.29) is 5.41 Å². The summed E-state index contributed by atoms with van der Waals surface area (Å²) < 4.78 is 0. The number of hydrogen-bond donors (Lipinski definition) is 0. The molecule has 0 aliphatic heterocycles. The summed E-state index contributed by atoms with van der Waals surface area (Å²) in [5.41, 5.74) is 17.6. The first kappa shape index (κ1) is 35.2. The first-order valence-electron chi connectivity index (χ1n) is 19.5. The normalized spacial score (nSPS) is 13.6. The van der Waals surface area contributed by atoms with Crippen LogP contribution in [0.15, 0.2) is 170 Å². The van der Waals surface area contributed by atoms with E-state index in [9.17, 15) is 0 Å². The van der Waals surface area contributed by atoms with Crippen LogP contribution in [0.5, 0.6) is 0 Å². The maximum atomic E-state index is 2.42. The molecule has 0 heterocycles. The van der Waals surface area contributed by atoms with Crippen molar-refractivity contribution in [3.63, 3.8) is 0 Å². The maximum absolute atomic E-state index is 2.42. The fraction of sp³-hybridized carbons (Fsp3) is 0.192. The van der Waals surface area contributed by atoms with Crippen molar-refractivity contribution in [2.24, 2.45) is 5.92 Å². The highest BCUT2D eigenvalue weighted by atomic mass is 15.1. The van der Waals surface area contributed by atoms with E-state index in [2.05, 4.69) is 214 Å². The van der Waals surface area contributed by atoms with Gasteiger partial charge in [0.2, 0.25) is 0 Å². The van der Waals surface area contributed by atoms with E-state index in [0.29, 0.717) is 5.92 Å². The predicted molar refractivity (Wildman–Crippen MR) is 231 cm³/mol. The van der Waals surface area contributed by atoms with Crippen LogP contribution in [0.2, 0.25) is 0 Å². The molecule has 7 aromatic rings. The third-order valence-electron chi connectivity index (χ3n) is 12.2. The highest BCUT2D eigenvalue weighted by Crippen LogP contribution is 2.43. The Morgan fingerprint density at radius 2 is 0.926 bits per heavy atom. The summed E-state index contributed by atoms with van der Waals surface area (Å²) in [6.45, 7) is 9.26. The van der Waals surface area contributed by atoms with Gasteiger partial charge in [-0.2, -0.15) is 0 Å². The molecule has 2 atom stereocenters. The lowest BCUT2D eigenvalue weighted by Crippen LogP contribution is -2.31. The number of fused-ring (bicyclic) bond motifs is 1. The number of rotatable bonds is 11. The zero-order valence-electron chi connectivity index (χ0n) is 32.3. The second-order valence-electron chi connectivity index (χ2n) is 15.3. The molecule has 0 aromatic heterocycles. The minimum Gasteiger partial charge on any atom is -0.345 e. The quantitative estimate of drug-likeness (QED) is 0.132. The largest absolute Gasteiger partial charge is 0.345 e. The molecule has 0 fully saturated rings. The fourth-order valence-corrected chi connectivity index (χ4v) is 8.10. The molecule has 0 N–H and O–H groups in total. The van der Waals surface area contributed by atoms with E-state index in [1.165, 1.54) is 67.9 Å². The molecule has 0 saturated heterocycles. The molecule has 0 bridgehead atoms. The van der Waals surface area contributed by atoms with Crippen molar-refractivity contribution >= 4 is 28.4 Å². The lowest BCUT2D eigenvalue weighted by atomic mass is 9.66. The minimum atomic E-state index is -0.105. The summed E-state index contributed by atoms with van der Waals surface area (Å²) in [6, 6.07) is 62.9. The van der Waals surface area contributed by atoms with Crippen LogP contribution in [0.1, 0.15) is 55.0 Å². The SMILES string of the molecule is CCC(C)C(C)(c1ccc(-c2ccc(C)cc2)cc1)c1ccc(-c2ccc(N(c3ccc(N(C)c4ccccc4)cc3)c3ccc4c(c3)CC4)cc2)cc1. The van der Waals surface area contributed by atoms with E-state index in [1.807, 2.05) is 0 Å². The highest BCUT2D eigenvalue weighted by molar-refractivity contribution is 5.80. The van der Waals surface area contributed by atoms with Crippen molar-refractivity contribution in [1.29, 1.82) is 0 Å². The molecule has 8 rings (SSSR count). The van der Waals surface area contributed by atoms with Crippen molar-refractivity contribution in [2.45, 2.75) is 52.4 Å². The lowest BCUT2D eigenvalue weighted by Gasteiger charge is -2.37. The molecule has 2 heteroatoms. The van der Waals surface area contributed by atoms with Gasteiger partial charge in [-0.15, -0.1) is 0 Å². The molecule has 268 valence electrons.